The lowest BCUT2D eigenvalue weighted by Crippen LogP contribution is -2.26. The molecule has 0 spiro atoms. The number of nitrogens with one attached hydrogen (secondary N) is 1. The molecule has 3 N–H and O–H groups in total. The number of hydrogen-bond acceptors (Lipinski definition) is 10. The highest BCUT2D eigenvalue weighted by atomic mass is 32.2. The van der Waals surface area contributed by atoms with Crippen LogP contribution in [0.3, 0.4) is 0 Å². The van der Waals surface area contributed by atoms with Gasteiger partial charge in [-0.3, -0.25) is 14.2 Å². The normalized spacial score (nSPS) is 11.8. The van der Waals surface area contributed by atoms with Gasteiger partial charge in [-0.1, -0.05) is 11.8 Å². The van der Waals surface area contributed by atoms with E-state index >= 15 is 0 Å². The number of anilines is 2. The van der Waals surface area contributed by atoms with E-state index in [9.17, 15) is 14.4 Å². The molecule has 0 bridgehead atoms. The number of rotatable bonds is 7. The first-order valence-electron chi connectivity index (χ1n) is 8.10. The lowest BCUT2D eigenvalue weighted by atomic mass is 10.1. The fourth-order valence-electron chi connectivity index (χ4n) is 2.33. The summed E-state index contributed by atoms with van der Waals surface area (Å²) in [5.41, 5.74) is 6.92. The summed E-state index contributed by atoms with van der Waals surface area (Å²) in [6.45, 7) is 5.25. The van der Waals surface area contributed by atoms with Crippen molar-refractivity contribution in [3.63, 3.8) is 0 Å². The first-order chi connectivity index (χ1) is 13.2. The minimum Gasteiger partial charge on any atom is -0.468 e. The van der Waals surface area contributed by atoms with Crippen LogP contribution in [0.5, 0.6) is 0 Å². The van der Waals surface area contributed by atoms with Crippen LogP contribution in [0.4, 0.5) is 10.9 Å². The van der Waals surface area contributed by atoms with Crippen molar-refractivity contribution in [2.24, 2.45) is 0 Å². The number of thioether (sulfide) groups is 1. The van der Waals surface area contributed by atoms with Crippen molar-refractivity contribution in [3.8, 4) is 0 Å². The second kappa shape index (κ2) is 9.06. The fraction of sp³-hybridized carbons (Fsp3) is 0.438. The third kappa shape index (κ3) is 4.44. The molecule has 1 atom stereocenters. The number of nitrogen functional groups attached to an aromatic ring is 1. The lowest BCUT2D eigenvalue weighted by molar-refractivity contribution is -0.137. The Balaban J connectivity index is 2.25. The van der Waals surface area contributed by atoms with Crippen molar-refractivity contribution in [1.82, 2.24) is 14.8 Å². The summed E-state index contributed by atoms with van der Waals surface area (Å²) in [5.74, 6) is -1.36. The van der Waals surface area contributed by atoms with Gasteiger partial charge in [0.1, 0.15) is 11.0 Å². The van der Waals surface area contributed by atoms with Gasteiger partial charge in [0.2, 0.25) is 11.9 Å². The van der Waals surface area contributed by atoms with Gasteiger partial charge in [-0.05, 0) is 26.3 Å². The molecule has 1 unspecified atom stereocenters. The van der Waals surface area contributed by atoms with E-state index in [2.05, 4.69) is 20.3 Å². The van der Waals surface area contributed by atoms with Gasteiger partial charge in [-0.25, -0.2) is 4.79 Å². The Kier molecular flexibility index (Phi) is 7.02. The van der Waals surface area contributed by atoms with E-state index < -0.39 is 23.9 Å². The topological polar surface area (TPSA) is 138 Å². The Morgan fingerprint density at radius 3 is 2.54 bits per heavy atom. The van der Waals surface area contributed by atoms with Gasteiger partial charge in [0.25, 0.3) is 0 Å². The summed E-state index contributed by atoms with van der Waals surface area (Å²) >= 11 is 2.34. The van der Waals surface area contributed by atoms with Crippen molar-refractivity contribution >= 4 is 51.9 Å². The van der Waals surface area contributed by atoms with Crippen molar-refractivity contribution in [2.45, 2.75) is 32.0 Å². The van der Waals surface area contributed by atoms with Crippen LogP contribution in [0.25, 0.3) is 0 Å². The van der Waals surface area contributed by atoms with Crippen molar-refractivity contribution in [2.75, 3.05) is 31.0 Å². The summed E-state index contributed by atoms with van der Waals surface area (Å²) in [7, 11) is 2.56. The zero-order chi connectivity index (χ0) is 21.0. The maximum atomic E-state index is 12.8. The lowest BCUT2D eigenvalue weighted by Gasteiger charge is -2.16. The number of carbonyl (C=O) groups is 3. The molecule has 28 heavy (non-hydrogen) atoms. The van der Waals surface area contributed by atoms with Crippen LogP contribution >= 0.6 is 23.1 Å². The molecule has 2 heterocycles. The van der Waals surface area contributed by atoms with E-state index in [0.29, 0.717) is 15.7 Å². The number of nitrogens with zero attached hydrogens (tertiary/aromatic N) is 3. The zero-order valence-electron chi connectivity index (χ0n) is 16.1. The third-order valence-electron chi connectivity index (χ3n) is 4.02. The SMILES string of the molecule is COC(=O)CSc1nnc(N)n1C(C)C(=O)Nc1sc(C)c(C)c1C(=O)OC. The molecule has 0 saturated heterocycles. The largest absolute Gasteiger partial charge is 0.468 e. The number of esters is 2. The molecule has 0 aliphatic heterocycles. The van der Waals surface area contributed by atoms with Crippen LogP contribution in [0.1, 0.15) is 33.8 Å². The van der Waals surface area contributed by atoms with E-state index in [1.165, 1.54) is 30.1 Å². The van der Waals surface area contributed by atoms with Crippen LogP contribution < -0.4 is 11.1 Å². The van der Waals surface area contributed by atoms with Crippen LogP contribution in [0.15, 0.2) is 5.16 Å². The predicted molar refractivity (Wildman–Crippen MR) is 106 cm³/mol. The molecule has 0 aromatic carbocycles. The molecule has 0 radical (unpaired) electrons. The molecule has 0 saturated carbocycles. The van der Waals surface area contributed by atoms with Crippen LogP contribution in [0.2, 0.25) is 0 Å². The number of methoxy groups -OCH3 is 2. The highest BCUT2D eigenvalue weighted by molar-refractivity contribution is 7.99. The number of amides is 1. The molecule has 12 heteroatoms. The van der Waals surface area contributed by atoms with E-state index in [1.54, 1.807) is 13.8 Å². The maximum absolute atomic E-state index is 12.8. The Labute approximate surface area is 169 Å². The Bertz CT molecular complexity index is 908. The number of thiophene rings is 1. The smallest absolute Gasteiger partial charge is 0.341 e. The number of carbonyl (C=O) groups excluding carboxylic acids is 3. The van der Waals surface area contributed by atoms with Gasteiger partial charge in [0, 0.05) is 4.88 Å². The van der Waals surface area contributed by atoms with Gasteiger partial charge >= 0.3 is 11.9 Å². The first kappa shape index (κ1) is 21.7. The van der Waals surface area contributed by atoms with E-state index in [1.807, 2.05) is 6.92 Å². The minimum absolute atomic E-state index is 0.00122. The Morgan fingerprint density at radius 2 is 1.93 bits per heavy atom. The van der Waals surface area contributed by atoms with E-state index in [-0.39, 0.29) is 11.7 Å². The van der Waals surface area contributed by atoms with Crippen molar-refractivity contribution < 1.29 is 23.9 Å². The van der Waals surface area contributed by atoms with Crippen LogP contribution in [-0.2, 0) is 19.1 Å². The summed E-state index contributed by atoms with van der Waals surface area (Å²) in [6.07, 6.45) is 0. The molecule has 152 valence electrons. The fourth-order valence-corrected chi connectivity index (χ4v) is 4.24. The van der Waals surface area contributed by atoms with Crippen LogP contribution in [0, 0.1) is 13.8 Å². The highest BCUT2D eigenvalue weighted by Gasteiger charge is 2.26. The van der Waals surface area contributed by atoms with Crippen LogP contribution in [-0.4, -0.2) is 52.6 Å². The molecule has 2 aromatic heterocycles. The monoisotopic (exact) mass is 427 g/mol. The second-order valence-electron chi connectivity index (χ2n) is 5.72. The van der Waals surface area contributed by atoms with Gasteiger partial charge in [-0.2, -0.15) is 0 Å². The number of ether oxygens (including phenoxy) is 2. The third-order valence-corrected chi connectivity index (χ3v) is 6.06. The minimum atomic E-state index is -0.789. The zero-order valence-corrected chi connectivity index (χ0v) is 17.7. The second-order valence-corrected chi connectivity index (χ2v) is 7.89. The summed E-state index contributed by atoms with van der Waals surface area (Å²) in [5, 5.41) is 11.1. The number of aryl methyl sites for hydroxylation is 1. The molecule has 1 amide bonds. The van der Waals surface area contributed by atoms with Crippen molar-refractivity contribution in [3.05, 3.63) is 16.0 Å². The van der Waals surface area contributed by atoms with E-state index in [0.717, 1.165) is 22.2 Å². The molecule has 10 nitrogen and oxygen atoms in total. The van der Waals surface area contributed by atoms with E-state index in [4.69, 9.17) is 10.5 Å². The Hall–Kier alpha value is -2.60. The quantitative estimate of drug-likeness (QED) is 0.500. The average molecular weight is 428 g/mol. The first-order valence-corrected chi connectivity index (χ1v) is 9.90. The molecule has 0 fully saturated rings. The molecular formula is C16H21N5O5S2. The highest BCUT2D eigenvalue weighted by Crippen LogP contribution is 2.34. The predicted octanol–water partition coefficient (Wildman–Crippen LogP) is 1.79. The van der Waals surface area contributed by atoms with Crippen molar-refractivity contribution in [1.29, 1.82) is 0 Å². The van der Waals surface area contributed by atoms with Gasteiger partial charge in [-0.15, -0.1) is 21.5 Å². The average Bonchev–Trinajstić information content (AvgIpc) is 3.17. The Morgan fingerprint density at radius 1 is 1.25 bits per heavy atom. The molecular weight excluding hydrogens is 406 g/mol. The molecule has 2 rings (SSSR count). The maximum Gasteiger partial charge on any atom is 0.341 e. The standard InChI is InChI=1S/C16H21N5O5S2/c1-7-9(3)28-13(11(7)14(24)26-5)18-12(23)8(2)21-15(17)19-20-16(21)27-6-10(22)25-4/h8H,6H2,1-5H3,(H2,17,19)(H,18,23). The number of nitrogens with two attached hydrogens (primary N) is 1. The summed E-state index contributed by atoms with van der Waals surface area (Å²) in [6, 6.07) is -0.789. The molecule has 2 aromatic rings. The molecule has 0 aliphatic rings. The number of aromatic nitrogens is 3. The summed E-state index contributed by atoms with van der Waals surface area (Å²) < 4.78 is 10.8. The van der Waals surface area contributed by atoms with Gasteiger partial charge < -0.3 is 20.5 Å². The summed E-state index contributed by atoms with van der Waals surface area (Å²) in [4.78, 5) is 37.1. The number of hydrogen-bond donors (Lipinski definition) is 2. The van der Waals surface area contributed by atoms with Gasteiger partial charge in [0.15, 0.2) is 5.16 Å². The molecule has 0 aliphatic carbocycles. The van der Waals surface area contributed by atoms with Gasteiger partial charge in [0.05, 0.1) is 25.5 Å².